The van der Waals surface area contributed by atoms with Crippen LogP contribution in [-0.4, -0.2) is 26.8 Å². The van der Waals surface area contributed by atoms with Crippen LogP contribution in [0, 0.1) is 6.92 Å². The third kappa shape index (κ3) is 4.26. The van der Waals surface area contributed by atoms with Crippen molar-refractivity contribution in [2.75, 3.05) is 0 Å². The minimum Gasteiger partial charge on any atom is -0.479 e. The van der Waals surface area contributed by atoms with Crippen LogP contribution in [0.15, 0.2) is 24.3 Å². The van der Waals surface area contributed by atoms with Crippen molar-refractivity contribution in [2.24, 2.45) is 0 Å². The molecule has 1 aliphatic rings. The molecule has 3 rings (SSSR count). The van der Waals surface area contributed by atoms with Gasteiger partial charge in [-0.15, -0.1) is 0 Å². The molecule has 0 fully saturated rings. The molecule has 0 radical (unpaired) electrons. The zero-order valence-electron chi connectivity index (χ0n) is 17.1. The first-order chi connectivity index (χ1) is 13.2. The average Bonchev–Trinajstić information content (AvgIpc) is 2.64. The fourth-order valence-corrected chi connectivity index (χ4v) is 3.89. The van der Waals surface area contributed by atoms with Crippen LogP contribution in [-0.2, 0) is 16.1 Å². The highest BCUT2D eigenvalue weighted by atomic mass is 16.5. The third-order valence-electron chi connectivity index (χ3n) is 5.03. The molecule has 1 unspecified atom stereocenters. The lowest BCUT2D eigenvalue weighted by Gasteiger charge is -2.29. The molecule has 1 atom stereocenters. The summed E-state index contributed by atoms with van der Waals surface area (Å²) in [5, 5.41) is 20.4. The molecule has 1 heterocycles. The predicted molar refractivity (Wildman–Crippen MR) is 110 cm³/mol. The van der Waals surface area contributed by atoms with Crippen LogP contribution >= 0.6 is 0 Å². The summed E-state index contributed by atoms with van der Waals surface area (Å²) in [4.78, 5) is 16.8. The average molecular weight is 383 g/mol. The van der Waals surface area contributed by atoms with Gasteiger partial charge in [0.1, 0.15) is 0 Å². The number of nitrogens with zero attached hydrogens (tertiary/aromatic N) is 1. The standard InChI is InChI=1S/C23H29NO4/c1-14-12-18-17(11-10-16(13-25)24-18)20(15-8-6-5-7-9-15)19(14)21(22(26)27)28-23(2,3)4/h8,10-12,21,25H,5-7,9,13H2,1-4H3,(H,26,27). The highest BCUT2D eigenvalue weighted by molar-refractivity contribution is 5.96. The summed E-state index contributed by atoms with van der Waals surface area (Å²) in [6, 6.07) is 5.64. The van der Waals surface area contributed by atoms with Gasteiger partial charge in [-0.1, -0.05) is 12.1 Å². The number of hydrogen-bond acceptors (Lipinski definition) is 4. The Kier molecular flexibility index (Phi) is 5.87. The Morgan fingerprint density at radius 2 is 2.04 bits per heavy atom. The van der Waals surface area contributed by atoms with Crippen molar-refractivity contribution in [1.29, 1.82) is 0 Å². The molecule has 1 aliphatic carbocycles. The molecule has 5 heteroatoms. The van der Waals surface area contributed by atoms with E-state index >= 15 is 0 Å². The van der Waals surface area contributed by atoms with E-state index in [1.165, 1.54) is 0 Å². The van der Waals surface area contributed by atoms with Crippen LogP contribution in [0.5, 0.6) is 0 Å². The number of pyridine rings is 1. The highest BCUT2D eigenvalue weighted by Crippen LogP contribution is 2.40. The molecular formula is C23H29NO4. The molecule has 0 bridgehead atoms. The van der Waals surface area contributed by atoms with E-state index < -0.39 is 17.7 Å². The number of benzene rings is 1. The van der Waals surface area contributed by atoms with E-state index in [0.717, 1.165) is 53.3 Å². The topological polar surface area (TPSA) is 79.7 Å². The minimum absolute atomic E-state index is 0.125. The molecule has 150 valence electrons. The van der Waals surface area contributed by atoms with Crippen molar-refractivity contribution in [3.05, 3.63) is 46.7 Å². The number of aromatic nitrogens is 1. The smallest absolute Gasteiger partial charge is 0.337 e. The van der Waals surface area contributed by atoms with Crippen LogP contribution in [0.2, 0.25) is 0 Å². The Hall–Kier alpha value is -2.24. The molecule has 0 saturated carbocycles. The Bertz CT molecular complexity index is 924. The zero-order chi connectivity index (χ0) is 20.5. The lowest BCUT2D eigenvalue weighted by atomic mass is 9.84. The summed E-state index contributed by atoms with van der Waals surface area (Å²) in [5.41, 5.74) is 4.43. The number of allylic oxidation sites excluding steroid dienone is 2. The SMILES string of the molecule is Cc1cc2nc(CO)ccc2c(C2=CCCCC2)c1C(OC(C)(C)C)C(=O)O. The number of aliphatic hydroxyl groups is 1. The highest BCUT2D eigenvalue weighted by Gasteiger charge is 2.32. The monoisotopic (exact) mass is 383 g/mol. The van der Waals surface area contributed by atoms with E-state index in [0.29, 0.717) is 11.3 Å². The van der Waals surface area contributed by atoms with Crippen molar-refractivity contribution >= 4 is 22.4 Å². The number of ether oxygens (including phenoxy) is 1. The van der Waals surface area contributed by atoms with E-state index in [1.807, 2.05) is 39.8 Å². The maximum atomic E-state index is 12.2. The molecule has 1 aromatic heterocycles. The second-order valence-electron chi connectivity index (χ2n) is 8.43. The van der Waals surface area contributed by atoms with Gasteiger partial charge in [0.25, 0.3) is 0 Å². The van der Waals surface area contributed by atoms with Gasteiger partial charge in [-0.25, -0.2) is 4.79 Å². The van der Waals surface area contributed by atoms with Gasteiger partial charge in [-0.3, -0.25) is 4.98 Å². The van der Waals surface area contributed by atoms with Gasteiger partial charge in [0, 0.05) is 10.9 Å². The van der Waals surface area contributed by atoms with Crippen LogP contribution in [0.3, 0.4) is 0 Å². The van der Waals surface area contributed by atoms with Gasteiger partial charge >= 0.3 is 5.97 Å². The quantitative estimate of drug-likeness (QED) is 0.765. The number of aryl methyl sites for hydroxylation is 1. The van der Waals surface area contributed by atoms with Crippen LogP contribution in [0.25, 0.3) is 16.5 Å². The summed E-state index contributed by atoms with van der Waals surface area (Å²) in [5.74, 6) is -0.991. The predicted octanol–water partition coefficient (Wildman–Crippen LogP) is 4.93. The number of aliphatic hydroxyl groups excluding tert-OH is 1. The van der Waals surface area contributed by atoms with Crippen molar-refractivity contribution in [1.82, 2.24) is 4.98 Å². The Morgan fingerprint density at radius 1 is 1.29 bits per heavy atom. The Balaban J connectivity index is 2.32. The zero-order valence-corrected chi connectivity index (χ0v) is 17.1. The first-order valence-corrected chi connectivity index (χ1v) is 9.85. The van der Waals surface area contributed by atoms with Crippen molar-refractivity contribution in [3.8, 4) is 0 Å². The molecule has 2 N–H and O–H groups in total. The molecule has 0 saturated heterocycles. The lowest BCUT2D eigenvalue weighted by molar-refractivity contribution is -0.160. The second-order valence-corrected chi connectivity index (χ2v) is 8.43. The maximum Gasteiger partial charge on any atom is 0.337 e. The Labute approximate surface area is 166 Å². The molecule has 0 spiro atoms. The lowest BCUT2D eigenvalue weighted by Crippen LogP contribution is -2.28. The number of carboxylic acid groups (broad SMARTS) is 1. The van der Waals surface area contributed by atoms with Gasteiger partial charge in [-0.05, 0) is 82.2 Å². The molecular weight excluding hydrogens is 354 g/mol. The van der Waals surface area contributed by atoms with Gasteiger partial charge in [-0.2, -0.15) is 0 Å². The van der Waals surface area contributed by atoms with Gasteiger partial charge in [0.2, 0.25) is 0 Å². The summed E-state index contributed by atoms with van der Waals surface area (Å²) in [6.07, 6.45) is 5.30. The van der Waals surface area contributed by atoms with E-state index in [9.17, 15) is 15.0 Å². The molecule has 1 aromatic carbocycles. The number of fused-ring (bicyclic) bond motifs is 1. The van der Waals surface area contributed by atoms with Crippen molar-refractivity contribution < 1.29 is 19.7 Å². The summed E-state index contributed by atoms with van der Waals surface area (Å²) in [6.45, 7) is 7.40. The normalized spacial score (nSPS) is 16.1. The summed E-state index contributed by atoms with van der Waals surface area (Å²) in [7, 11) is 0. The number of carboxylic acids is 1. The third-order valence-corrected chi connectivity index (χ3v) is 5.03. The number of hydrogen-bond donors (Lipinski definition) is 2. The minimum atomic E-state index is -1.06. The van der Waals surface area contributed by atoms with Crippen LogP contribution in [0.1, 0.15) is 74.9 Å². The fourth-order valence-electron chi connectivity index (χ4n) is 3.89. The van der Waals surface area contributed by atoms with E-state index in [1.54, 1.807) is 6.07 Å². The van der Waals surface area contributed by atoms with Crippen molar-refractivity contribution in [3.63, 3.8) is 0 Å². The maximum absolute atomic E-state index is 12.2. The summed E-state index contributed by atoms with van der Waals surface area (Å²) >= 11 is 0. The van der Waals surface area contributed by atoms with E-state index in [4.69, 9.17) is 4.74 Å². The number of carbonyl (C=O) groups is 1. The summed E-state index contributed by atoms with van der Waals surface area (Å²) < 4.78 is 6.00. The first-order valence-electron chi connectivity index (χ1n) is 9.85. The largest absolute Gasteiger partial charge is 0.479 e. The fraction of sp³-hybridized carbons (Fsp3) is 0.478. The first kappa shape index (κ1) is 20.5. The Morgan fingerprint density at radius 3 is 2.61 bits per heavy atom. The number of aliphatic carboxylic acids is 1. The molecule has 5 nitrogen and oxygen atoms in total. The second kappa shape index (κ2) is 8.02. The van der Waals surface area contributed by atoms with Gasteiger partial charge in [0.05, 0.1) is 23.4 Å². The molecule has 0 aliphatic heterocycles. The van der Waals surface area contributed by atoms with Crippen molar-refractivity contribution in [2.45, 2.75) is 71.7 Å². The van der Waals surface area contributed by atoms with Crippen LogP contribution < -0.4 is 0 Å². The van der Waals surface area contributed by atoms with Gasteiger partial charge in [0.15, 0.2) is 6.10 Å². The van der Waals surface area contributed by atoms with E-state index in [-0.39, 0.29) is 6.61 Å². The number of rotatable bonds is 5. The van der Waals surface area contributed by atoms with Crippen LogP contribution in [0.4, 0.5) is 0 Å². The van der Waals surface area contributed by atoms with Gasteiger partial charge < -0.3 is 14.9 Å². The van der Waals surface area contributed by atoms with E-state index in [2.05, 4.69) is 11.1 Å². The molecule has 2 aromatic rings. The molecule has 28 heavy (non-hydrogen) atoms. The molecule has 0 amide bonds.